The highest BCUT2D eigenvalue weighted by Crippen LogP contribution is 2.28. The lowest BCUT2D eigenvalue weighted by Gasteiger charge is -2.45. The van der Waals surface area contributed by atoms with Crippen molar-refractivity contribution in [2.24, 2.45) is 11.8 Å². The van der Waals surface area contributed by atoms with Crippen LogP contribution in [0.2, 0.25) is 5.02 Å². The first-order chi connectivity index (χ1) is 9.38. The van der Waals surface area contributed by atoms with Gasteiger partial charge in [0.15, 0.2) is 0 Å². The van der Waals surface area contributed by atoms with Gasteiger partial charge in [0.2, 0.25) is 0 Å². The van der Waals surface area contributed by atoms with E-state index in [1.54, 1.807) is 6.07 Å². The third kappa shape index (κ3) is 3.44. The molecule has 0 amide bonds. The van der Waals surface area contributed by atoms with Crippen molar-refractivity contribution in [3.05, 3.63) is 29.0 Å². The number of rotatable bonds is 3. The Labute approximate surface area is 126 Å². The molecule has 1 fully saturated rings. The number of nitrogens with one attached hydrogen (secondary N) is 1. The second-order valence-corrected chi connectivity index (χ2v) is 6.79. The molecule has 0 aromatic heterocycles. The molecule has 0 radical (unpaired) electrons. The summed E-state index contributed by atoms with van der Waals surface area (Å²) in [4.78, 5) is 2.31. The molecule has 2 unspecified atom stereocenters. The van der Waals surface area contributed by atoms with Crippen LogP contribution in [0.25, 0.3) is 0 Å². The Bertz CT molecular complexity index is 442. The molecule has 2 atom stereocenters. The predicted octanol–water partition coefficient (Wildman–Crippen LogP) is 3.94. The Morgan fingerprint density at radius 1 is 1.20 bits per heavy atom. The van der Waals surface area contributed by atoms with Crippen molar-refractivity contribution in [3.63, 3.8) is 0 Å². The van der Waals surface area contributed by atoms with Gasteiger partial charge in [0.1, 0.15) is 5.82 Å². The SMILES string of the molecule is CC(C)C1CN(c2cc(F)cc(Cl)c2)C(C(C)C)CN1. The van der Waals surface area contributed by atoms with Gasteiger partial charge in [0, 0.05) is 35.9 Å². The molecule has 1 saturated heterocycles. The highest BCUT2D eigenvalue weighted by Gasteiger charge is 2.31. The van der Waals surface area contributed by atoms with Gasteiger partial charge in [-0.3, -0.25) is 0 Å². The van der Waals surface area contributed by atoms with Gasteiger partial charge in [0.05, 0.1) is 0 Å². The molecule has 2 nitrogen and oxygen atoms in total. The number of hydrogen-bond donors (Lipinski definition) is 1. The standard InChI is InChI=1S/C16H24ClFN2/c1-10(2)15-9-20(16(8-19-15)11(3)4)14-6-12(17)5-13(18)7-14/h5-7,10-11,15-16,19H,8-9H2,1-4H3. The number of benzene rings is 1. The van der Waals surface area contributed by atoms with Crippen LogP contribution in [0.15, 0.2) is 18.2 Å². The van der Waals surface area contributed by atoms with E-state index in [9.17, 15) is 4.39 Å². The summed E-state index contributed by atoms with van der Waals surface area (Å²) < 4.78 is 13.6. The highest BCUT2D eigenvalue weighted by molar-refractivity contribution is 6.30. The Hall–Kier alpha value is -0.800. The molecule has 1 aromatic carbocycles. The number of anilines is 1. The van der Waals surface area contributed by atoms with Gasteiger partial charge in [-0.1, -0.05) is 39.3 Å². The van der Waals surface area contributed by atoms with Gasteiger partial charge in [-0.05, 0) is 30.0 Å². The molecule has 1 aliphatic heterocycles. The van der Waals surface area contributed by atoms with E-state index in [0.29, 0.717) is 28.9 Å². The van der Waals surface area contributed by atoms with Crippen LogP contribution in [-0.2, 0) is 0 Å². The molecule has 1 heterocycles. The molecule has 2 rings (SSSR count). The van der Waals surface area contributed by atoms with E-state index in [2.05, 4.69) is 37.9 Å². The number of piperazine rings is 1. The molecule has 20 heavy (non-hydrogen) atoms. The minimum atomic E-state index is -0.269. The lowest BCUT2D eigenvalue weighted by molar-refractivity contribution is 0.295. The highest BCUT2D eigenvalue weighted by atomic mass is 35.5. The van der Waals surface area contributed by atoms with Gasteiger partial charge in [-0.2, -0.15) is 0 Å². The summed E-state index contributed by atoms with van der Waals surface area (Å²) >= 11 is 6.01. The summed E-state index contributed by atoms with van der Waals surface area (Å²) in [5, 5.41) is 4.07. The van der Waals surface area contributed by atoms with Crippen molar-refractivity contribution in [1.29, 1.82) is 0 Å². The van der Waals surface area contributed by atoms with E-state index in [1.807, 2.05) is 6.07 Å². The van der Waals surface area contributed by atoms with E-state index in [-0.39, 0.29) is 5.82 Å². The summed E-state index contributed by atoms with van der Waals surface area (Å²) in [6, 6.07) is 5.60. The van der Waals surface area contributed by atoms with Crippen LogP contribution >= 0.6 is 11.6 Å². The van der Waals surface area contributed by atoms with Crippen molar-refractivity contribution < 1.29 is 4.39 Å². The van der Waals surface area contributed by atoms with Crippen molar-refractivity contribution in [3.8, 4) is 0 Å². The van der Waals surface area contributed by atoms with Crippen LogP contribution in [0.1, 0.15) is 27.7 Å². The van der Waals surface area contributed by atoms with Crippen molar-refractivity contribution in [2.75, 3.05) is 18.0 Å². The van der Waals surface area contributed by atoms with Crippen molar-refractivity contribution in [2.45, 2.75) is 39.8 Å². The van der Waals surface area contributed by atoms with Crippen LogP contribution < -0.4 is 10.2 Å². The maximum absolute atomic E-state index is 13.6. The smallest absolute Gasteiger partial charge is 0.126 e. The summed E-state index contributed by atoms with van der Waals surface area (Å²) in [6.45, 7) is 10.6. The summed E-state index contributed by atoms with van der Waals surface area (Å²) in [5.74, 6) is 0.780. The Balaban J connectivity index is 2.31. The molecule has 4 heteroatoms. The third-order valence-electron chi connectivity index (χ3n) is 4.14. The zero-order valence-corrected chi connectivity index (χ0v) is 13.4. The average molecular weight is 299 g/mol. The van der Waals surface area contributed by atoms with E-state index < -0.39 is 0 Å². The molecule has 0 saturated carbocycles. The second kappa shape index (κ2) is 6.31. The summed E-state index contributed by atoms with van der Waals surface area (Å²) in [5.41, 5.74) is 0.890. The molecule has 0 bridgehead atoms. The molecule has 112 valence electrons. The van der Waals surface area contributed by atoms with Crippen molar-refractivity contribution >= 4 is 17.3 Å². The topological polar surface area (TPSA) is 15.3 Å². The van der Waals surface area contributed by atoms with Crippen LogP contribution in [0.4, 0.5) is 10.1 Å². The normalized spacial score (nSPS) is 23.7. The molecule has 1 aliphatic rings. The number of hydrogen-bond acceptors (Lipinski definition) is 2. The third-order valence-corrected chi connectivity index (χ3v) is 4.35. The number of halogens is 2. The summed E-state index contributed by atoms with van der Waals surface area (Å²) in [6.07, 6.45) is 0. The molecule has 1 N–H and O–H groups in total. The first kappa shape index (κ1) is 15.6. The maximum Gasteiger partial charge on any atom is 0.126 e. The van der Waals surface area contributed by atoms with Gasteiger partial charge >= 0.3 is 0 Å². The van der Waals surface area contributed by atoms with E-state index in [4.69, 9.17) is 11.6 Å². The zero-order chi connectivity index (χ0) is 14.9. The average Bonchev–Trinajstić information content (AvgIpc) is 2.36. The lowest BCUT2D eigenvalue weighted by atomic mass is 9.93. The monoisotopic (exact) mass is 298 g/mol. The molecule has 0 spiro atoms. The first-order valence-electron chi connectivity index (χ1n) is 7.34. The fourth-order valence-electron chi connectivity index (χ4n) is 2.84. The van der Waals surface area contributed by atoms with Crippen LogP contribution in [0, 0.1) is 17.7 Å². The van der Waals surface area contributed by atoms with E-state index >= 15 is 0 Å². The van der Waals surface area contributed by atoms with Crippen LogP contribution in [-0.4, -0.2) is 25.2 Å². The minimum Gasteiger partial charge on any atom is -0.365 e. The van der Waals surface area contributed by atoms with Crippen LogP contribution in [0.5, 0.6) is 0 Å². The van der Waals surface area contributed by atoms with Gasteiger partial charge in [-0.25, -0.2) is 4.39 Å². The predicted molar refractivity (Wildman–Crippen MR) is 84.0 cm³/mol. The van der Waals surface area contributed by atoms with Gasteiger partial charge in [-0.15, -0.1) is 0 Å². The minimum absolute atomic E-state index is 0.269. The fourth-order valence-corrected chi connectivity index (χ4v) is 3.05. The Morgan fingerprint density at radius 2 is 1.90 bits per heavy atom. The maximum atomic E-state index is 13.6. The quantitative estimate of drug-likeness (QED) is 0.909. The van der Waals surface area contributed by atoms with Gasteiger partial charge in [0.25, 0.3) is 0 Å². The zero-order valence-electron chi connectivity index (χ0n) is 12.7. The van der Waals surface area contributed by atoms with Gasteiger partial charge < -0.3 is 10.2 Å². The van der Waals surface area contributed by atoms with Crippen molar-refractivity contribution in [1.82, 2.24) is 5.32 Å². The fraction of sp³-hybridized carbons (Fsp3) is 0.625. The van der Waals surface area contributed by atoms with E-state index in [1.165, 1.54) is 6.07 Å². The summed E-state index contributed by atoms with van der Waals surface area (Å²) in [7, 11) is 0. The Morgan fingerprint density at radius 3 is 2.45 bits per heavy atom. The first-order valence-corrected chi connectivity index (χ1v) is 7.72. The molecular formula is C16H24ClFN2. The molecular weight excluding hydrogens is 275 g/mol. The second-order valence-electron chi connectivity index (χ2n) is 6.35. The lowest BCUT2D eigenvalue weighted by Crippen LogP contribution is -2.60. The van der Waals surface area contributed by atoms with Crippen LogP contribution in [0.3, 0.4) is 0 Å². The molecule has 1 aromatic rings. The Kier molecular flexibility index (Phi) is 4.92. The number of nitrogens with zero attached hydrogens (tertiary/aromatic N) is 1. The molecule has 0 aliphatic carbocycles. The van der Waals surface area contributed by atoms with E-state index in [0.717, 1.165) is 18.8 Å². The largest absolute Gasteiger partial charge is 0.365 e.